The summed E-state index contributed by atoms with van der Waals surface area (Å²) in [7, 11) is 1.67. The Morgan fingerprint density at radius 2 is 1.71 bits per heavy atom. The molecule has 0 saturated carbocycles. The third kappa shape index (κ3) is 4.72. The van der Waals surface area contributed by atoms with Gasteiger partial charge < -0.3 is 9.64 Å². The fourth-order valence-corrected chi connectivity index (χ4v) is 3.38. The highest BCUT2D eigenvalue weighted by molar-refractivity contribution is 5.85. The number of benzene rings is 2. The van der Waals surface area contributed by atoms with Gasteiger partial charge >= 0.3 is 0 Å². The van der Waals surface area contributed by atoms with Gasteiger partial charge in [0.25, 0.3) is 5.56 Å². The Morgan fingerprint density at radius 1 is 1.04 bits per heavy atom. The zero-order chi connectivity index (χ0) is 19.2. The summed E-state index contributed by atoms with van der Waals surface area (Å²) in [5, 5.41) is 0.667. The zero-order valence-electron chi connectivity index (χ0n) is 16.7. The van der Waals surface area contributed by atoms with Crippen molar-refractivity contribution in [2.24, 2.45) is 0 Å². The molecule has 0 unspecified atom stereocenters. The third-order valence-electron chi connectivity index (χ3n) is 5.02. The molecule has 0 bridgehead atoms. The Labute approximate surface area is 172 Å². The molecule has 0 spiro atoms. The quantitative estimate of drug-likeness (QED) is 0.576. The second-order valence-electron chi connectivity index (χ2n) is 6.52. The molecule has 28 heavy (non-hydrogen) atoms. The van der Waals surface area contributed by atoms with Gasteiger partial charge in [-0.2, -0.15) is 0 Å². The molecule has 0 amide bonds. The third-order valence-corrected chi connectivity index (χ3v) is 5.02. The van der Waals surface area contributed by atoms with E-state index in [4.69, 9.17) is 9.72 Å². The van der Waals surface area contributed by atoms with Crippen molar-refractivity contribution in [3.63, 3.8) is 0 Å². The number of fused-ring (bicyclic) bond motifs is 1. The van der Waals surface area contributed by atoms with Crippen molar-refractivity contribution in [1.82, 2.24) is 14.5 Å². The van der Waals surface area contributed by atoms with Crippen LogP contribution in [0.15, 0.2) is 53.3 Å². The molecular formula is C22H28ClN3O2. The number of halogens is 1. The minimum atomic E-state index is 0. The Kier molecular flexibility index (Phi) is 8.03. The largest absolute Gasteiger partial charge is 0.496 e. The van der Waals surface area contributed by atoms with Gasteiger partial charge in [0.05, 0.1) is 18.0 Å². The van der Waals surface area contributed by atoms with Gasteiger partial charge in [-0.05, 0) is 31.3 Å². The molecule has 0 aliphatic rings. The Balaban J connectivity index is 0.00000280. The number of nitrogens with zero attached hydrogens (tertiary/aromatic N) is 3. The van der Waals surface area contributed by atoms with Crippen LogP contribution in [-0.2, 0) is 13.0 Å². The van der Waals surface area contributed by atoms with E-state index in [2.05, 4.69) is 18.7 Å². The summed E-state index contributed by atoms with van der Waals surface area (Å²) in [6.45, 7) is 7.66. The minimum absolute atomic E-state index is 0. The molecule has 3 aromatic rings. The van der Waals surface area contributed by atoms with Crippen molar-refractivity contribution in [2.75, 3.05) is 26.7 Å². The van der Waals surface area contributed by atoms with Crippen molar-refractivity contribution in [1.29, 1.82) is 0 Å². The molecule has 3 rings (SSSR count). The lowest BCUT2D eigenvalue weighted by Gasteiger charge is -2.20. The van der Waals surface area contributed by atoms with Crippen molar-refractivity contribution in [2.45, 2.75) is 26.8 Å². The van der Waals surface area contributed by atoms with E-state index >= 15 is 0 Å². The van der Waals surface area contributed by atoms with Crippen LogP contribution in [0.25, 0.3) is 10.9 Å². The Hall–Kier alpha value is -2.37. The number of hydrogen-bond donors (Lipinski definition) is 0. The molecule has 0 N–H and O–H groups in total. The van der Waals surface area contributed by atoms with Gasteiger partial charge in [-0.25, -0.2) is 4.98 Å². The topological polar surface area (TPSA) is 47.4 Å². The Bertz CT molecular complexity index is 967. The second kappa shape index (κ2) is 10.2. The van der Waals surface area contributed by atoms with E-state index in [1.807, 2.05) is 53.1 Å². The lowest BCUT2D eigenvalue weighted by atomic mass is 10.1. The smallest absolute Gasteiger partial charge is 0.261 e. The van der Waals surface area contributed by atoms with Gasteiger partial charge in [0.1, 0.15) is 11.6 Å². The van der Waals surface area contributed by atoms with Gasteiger partial charge in [-0.15, -0.1) is 12.4 Å². The van der Waals surface area contributed by atoms with Gasteiger partial charge in [0.2, 0.25) is 0 Å². The van der Waals surface area contributed by atoms with E-state index in [-0.39, 0.29) is 18.0 Å². The molecule has 0 aliphatic carbocycles. The molecular weight excluding hydrogens is 374 g/mol. The predicted molar refractivity (Wildman–Crippen MR) is 117 cm³/mol. The number of rotatable bonds is 8. The van der Waals surface area contributed by atoms with Crippen LogP contribution in [0.3, 0.4) is 0 Å². The number of ether oxygens (including phenoxy) is 1. The first-order chi connectivity index (χ1) is 13.2. The predicted octanol–water partition coefficient (Wildman–Crippen LogP) is 3.76. The van der Waals surface area contributed by atoms with Crippen molar-refractivity contribution in [3.05, 3.63) is 70.3 Å². The van der Waals surface area contributed by atoms with Crippen LogP contribution in [0.5, 0.6) is 5.75 Å². The molecule has 2 aromatic carbocycles. The van der Waals surface area contributed by atoms with Crippen LogP contribution >= 0.6 is 12.4 Å². The number of aromatic nitrogens is 2. The lowest BCUT2D eigenvalue weighted by Crippen LogP contribution is -2.33. The van der Waals surface area contributed by atoms with Gasteiger partial charge in [-0.1, -0.05) is 44.2 Å². The summed E-state index contributed by atoms with van der Waals surface area (Å²) in [4.78, 5) is 20.3. The summed E-state index contributed by atoms with van der Waals surface area (Å²) in [5.74, 6) is 1.59. The first-order valence-electron chi connectivity index (χ1n) is 9.50. The van der Waals surface area contributed by atoms with E-state index in [9.17, 15) is 4.79 Å². The van der Waals surface area contributed by atoms with E-state index in [1.54, 1.807) is 7.11 Å². The molecule has 0 aliphatic heterocycles. The van der Waals surface area contributed by atoms with E-state index in [1.165, 1.54) is 0 Å². The lowest BCUT2D eigenvalue weighted by molar-refractivity contribution is 0.287. The average Bonchev–Trinajstić information content (AvgIpc) is 2.71. The number of para-hydroxylation sites is 2. The number of hydrogen-bond acceptors (Lipinski definition) is 4. The minimum Gasteiger partial charge on any atom is -0.496 e. The van der Waals surface area contributed by atoms with Crippen LogP contribution in [0.1, 0.15) is 25.2 Å². The standard InChI is InChI=1S/C22H27N3O2.ClH/c1-4-24(5-2)14-15-25-21(16-17-10-6-9-13-20(17)27-3)23-19-12-8-7-11-18(19)22(25)26;/h6-13H,4-5,14-16H2,1-3H3;1H. The van der Waals surface area contributed by atoms with Crippen molar-refractivity contribution < 1.29 is 4.74 Å². The Morgan fingerprint density at radius 3 is 2.43 bits per heavy atom. The molecule has 0 atom stereocenters. The fourth-order valence-electron chi connectivity index (χ4n) is 3.38. The maximum absolute atomic E-state index is 13.2. The SMILES string of the molecule is CCN(CC)CCn1c(Cc2ccccc2OC)nc2ccccc2c1=O.Cl. The zero-order valence-corrected chi connectivity index (χ0v) is 17.5. The highest BCUT2D eigenvalue weighted by atomic mass is 35.5. The molecule has 1 heterocycles. The molecule has 0 radical (unpaired) electrons. The van der Waals surface area contributed by atoms with Gasteiger partial charge in [-0.3, -0.25) is 9.36 Å². The summed E-state index contributed by atoms with van der Waals surface area (Å²) >= 11 is 0. The summed E-state index contributed by atoms with van der Waals surface area (Å²) in [5.41, 5.74) is 1.79. The van der Waals surface area contributed by atoms with Gasteiger partial charge in [0, 0.05) is 25.1 Å². The second-order valence-corrected chi connectivity index (χ2v) is 6.52. The van der Waals surface area contributed by atoms with Crippen LogP contribution in [0.2, 0.25) is 0 Å². The monoisotopic (exact) mass is 401 g/mol. The highest BCUT2D eigenvalue weighted by Gasteiger charge is 2.14. The van der Waals surface area contributed by atoms with Crippen LogP contribution < -0.4 is 10.3 Å². The van der Waals surface area contributed by atoms with Crippen LogP contribution in [0.4, 0.5) is 0 Å². The van der Waals surface area contributed by atoms with E-state index in [0.717, 1.165) is 42.3 Å². The van der Waals surface area contributed by atoms with Gasteiger partial charge in [0.15, 0.2) is 0 Å². The molecule has 0 fully saturated rings. The molecule has 1 aromatic heterocycles. The highest BCUT2D eigenvalue weighted by Crippen LogP contribution is 2.21. The number of likely N-dealkylation sites (N-methyl/N-ethyl adjacent to an activating group) is 1. The van der Waals surface area contributed by atoms with Crippen LogP contribution in [0, 0.1) is 0 Å². The summed E-state index contributed by atoms with van der Waals surface area (Å²) in [6.07, 6.45) is 0.558. The maximum atomic E-state index is 13.2. The summed E-state index contributed by atoms with van der Waals surface area (Å²) < 4.78 is 7.31. The fraction of sp³-hybridized carbons (Fsp3) is 0.364. The first kappa shape index (κ1) is 21.9. The van der Waals surface area contributed by atoms with Crippen molar-refractivity contribution in [3.8, 4) is 5.75 Å². The van der Waals surface area contributed by atoms with Crippen LogP contribution in [-0.4, -0.2) is 41.2 Å². The molecule has 6 heteroatoms. The molecule has 0 saturated heterocycles. The first-order valence-corrected chi connectivity index (χ1v) is 9.50. The maximum Gasteiger partial charge on any atom is 0.261 e. The van der Waals surface area contributed by atoms with Crippen molar-refractivity contribution >= 4 is 23.3 Å². The van der Waals surface area contributed by atoms with E-state index < -0.39 is 0 Å². The average molecular weight is 402 g/mol. The van der Waals surface area contributed by atoms with E-state index in [0.29, 0.717) is 18.4 Å². The number of methoxy groups -OCH3 is 1. The molecule has 5 nitrogen and oxygen atoms in total. The molecule has 150 valence electrons. The summed E-state index contributed by atoms with van der Waals surface area (Å²) in [6, 6.07) is 15.5. The normalized spacial score (nSPS) is 10.9.